The third-order valence-corrected chi connectivity index (χ3v) is 5.06. The summed E-state index contributed by atoms with van der Waals surface area (Å²) in [6.45, 7) is 12.4. The van der Waals surface area contributed by atoms with E-state index in [-0.39, 0.29) is 17.9 Å². The van der Waals surface area contributed by atoms with Gasteiger partial charge >= 0.3 is 0 Å². The van der Waals surface area contributed by atoms with Crippen LogP contribution < -0.4 is 10.6 Å². The van der Waals surface area contributed by atoms with E-state index in [1.807, 2.05) is 25.1 Å². The lowest BCUT2D eigenvalue weighted by molar-refractivity contribution is -0.124. The van der Waals surface area contributed by atoms with Gasteiger partial charge < -0.3 is 10.6 Å². The van der Waals surface area contributed by atoms with Gasteiger partial charge in [-0.2, -0.15) is 0 Å². The molecule has 1 heterocycles. The summed E-state index contributed by atoms with van der Waals surface area (Å²) in [6, 6.07) is 8.25. The molecule has 0 bridgehead atoms. The van der Waals surface area contributed by atoms with Gasteiger partial charge in [0.15, 0.2) is 0 Å². The van der Waals surface area contributed by atoms with E-state index >= 15 is 0 Å². The molecule has 0 aliphatic carbocycles. The van der Waals surface area contributed by atoms with Crippen LogP contribution in [0.15, 0.2) is 24.3 Å². The van der Waals surface area contributed by atoms with Crippen molar-refractivity contribution in [2.45, 2.75) is 46.1 Å². The highest BCUT2D eigenvalue weighted by molar-refractivity contribution is 5.92. The first-order valence-corrected chi connectivity index (χ1v) is 10.0. The van der Waals surface area contributed by atoms with Crippen LogP contribution in [0, 0.1) is 0 Å². The molecule has 6 nitrogen and oxygen atoms in total. The molecule has 6 heteroatoms. The lowest BCUT2D eigenvalue weighted by Gasteiger charge is -2.34. The molecule has 0 saturated carbocycles. The normalized spacial score (nSPS) is 16.9. The maximum atomic E-state index is 12.3. The molecule has 1 fully saturated rings. The Bertz CT molecular complexity index is 624. The van der Waals surface area contributed by atoms with E-state index in [1.54, 1.807) is 0 Å². The maximum Gasteiger partial charge on any atom is 0.238 e. The van der Waals surface area contributed by atoms with Crippen LogP contribution in [0.5, 0.6) is 0 Å². The number of amides is 2. The number of nitrogens with one attached hydrogen (secondary N) is 2. The molecule has 2 N–H and O–H groups in total. The number of carbonyl (C=O) groups excluding carboxylic acids is 2. The van der Waals surface area contributed by atoms with Crippen LogP contribution >= 0.6 is 0 Å². The summed E-state index contributed by atoms with van der Waals surface area (Å²) < 4.78 is 0. The maximum absolute atomic E-state index is 12.3. The van der Waals surface area contributed by atoms with Gasteiger partial charge in [-0.25, -0.2) is 0 Å². The van der Waals surface area contributed by atoms with E-state index in [4.69, 9.17) is 0 Å². The molecule has 1 atom stereocenters. The van der Waals surface area contributed by atoms with Crippen molar-refractivity contribution in [1.82, 2.24) is 15.1 Å². The van der Waals surface area contributed by atoms with Gasteiger partial charge in [0, 0.05) is 37.9 Å². The standard InChI is InChI=1S/C21H34N4O2/c1-5-17(4)22-20(26)14-24-9-11-25(12-10-24)15-21(27)23-19-8-6-7-18(13-19)16(2)3/h6-8,13,16-17H,5,9-12,14-15H2,1-4H3,(H,22,26)(H,23,27). The molecule has 1 aromatic rings. The Kier molecular flexibility index (Phi) is 8.25. The van der Waals surface area contributed by atoms with Gasteiger partial charge in [0.2, 0.25) is 11.8 Å². The lowest BCUT2D eigenvalue weighted by atomic mass is 10.0. The summed E-state index contributed by atoms with van der Waals surface area (Å²) in [5.41, 5.74) is 2.07. The van der Waals surface area contributed by atoms with Crippen molar-refractivity contribution in [3.8, 4) is 0 Å². The predicted molar refractivity (Wildman–Crippen MR) is 110 cm³/mol. The van der Waals surface area contributed by atoms with E-state index in [0.29, 0.717) is 19.0 Å². The minimum absolute atomic E-state index is 0.0128. The summed E-state index contributed by atoms with van der Waals surface area (Å²) in [4.78, 5) is 28.6. The predicted octanol–water partition coefficient (Wildman–Crippen LogP) is 2.28. The van der Waals surface area contributed by atoms with Crippen molar-refractivity contribution < 1.29 is 9.59 Å². The van der Waals surface area contributed by atoms with Crippen molar-refractivity contribution in [3.63, 3.8) is 0 Å². The van der Waals surface area contributed by atoms with Gasteiger partial charge in [-0.3, -0.25) is 19.4 Å². The van der Waals surface area contributed by atoms with Gasteiger partial charge in [0.1, 0.15) is 0 Å². The van der Waals surface area contributed by atoms with Crippen LogP contribution in [-0.4, -0.2) is 66.9 Å². The van der Waals surface area contributed by atoms with Gasteiger partial charge in [-0.15, -0.1) is 0 Å². The minimum atomic E-state index is 0.0128. The first kappa shape index (κ1) is 21.4. The summed E-state index contributed by atoms with van der Waals surface area (Å²) >= 11 is 0. The summed E-state index contributed by atoms with van der Waals surface area (Å²) in [6.07, 6.45) is 0.939. The first-order valence-electron chi connectivity index (χ1n) is 10.0. The fourth-order valence-corrected chi connectivity index (χ4v) is 3.11. The minimum Gasteiger partial charge on any atom is -0.353 e. The Morgan fingerprint density at radius 3 is 2.15 bits per heavy atom. The topological polar surface area (TPSA) is 64.7 Å². The Morgan fingerprint density at radius 2 is 1.59 bits per heavy atom. The van der Waals surface area contributed by atoms with Gasteiger partial charge in [-0.05, 0) is 37.0 Å². The average molecular weight is 375 g/mol. The van der Waals surface area contributed by atoms with E-state index in [9.17, 15) is 9.59 Å². The first-order chi connectivity index (χ1) is 12.9. The molecule has 0 spiro atoms. The Labute approximate surface area is 163 Å². The number of rotatable bonds is 8. The lowest BCUT2D eigenvalue weighted by Crippen LogP contribution is -2.51. The SMILES string of the molecule is CCC(C)NC(=O)CN1CCN(CC(=O)Nc2cccc(C(C)C)c2)CC1. The van der Waals surface area contributed by atoms with Crippen molar-refractivity contribution in [3.05, 3.63) is 29.8 Å². The van der Waals surface area contributed by atoms with Crippen molar-refractivity contribution in [2.24, 2.45) is 0 Å². The third kappa shape index (κ3) is 7.31. The molecule has 27 heavy (non-hydrogen) atoms. The fourth-order valence-electron chi connectivity index (χ4n) is 3.11. The molecular weight excluding hydrogens is 340 g/mol. The Morgan fingerprint density at radius 1 is 1.00 bits per heavy atom. The summed E-state index contributed by atoms with van der Waals surface area (Å²) in [5.74, 6) is 0.534. The molecule has 2 rings (SSSR count). The van der Waals surface area contributed by atoms with Gasteiger partial charge in [0.05, 0.1) is 13.1 Å². The zero-order valence-electron chi connectivity index (χ0n) is 17.1. The molecule has 150 valence electrons. The molecule has 1 aromatic carbocycles. The molecule has 1 aliphatic rings. The van der Waals surface area contributed by atoms with E-state index < -0.39 is 0 Å². The number of piperazine rings is 1. The van der Waals surface area contributed by atoms with Crippen LogP contribution in [0.1, 0.15) is 45.6 Å². The highest BCUT2D eigenvalue weighted by Gasteiger charge is 2.21. The molecule has 1 unspecified atom stereocenters. The van der Waals surface area contributed by atoms with Gasteiger partial charge in [0.25, 0.3) is 0 Å². The van der Waals surface area contributed by atoms with Crippen LogP contribution in [0.2, 0.25) is 0 Å². The fraction of sp³-hybridized carbons (Fsp3) is 0.619. The second-order valence-electron chi connectivity index (χ2n) is 7.76. The zero-order chi connectivity index (χ0) is 19.8. The number of hydrogen-bond acceptors (Lipinski definition) is 4. The number of nitrogens with zero attached hydrogens (tertiary/aromatic N) is 2. The van der Waals surface area contributed by atoms with Crippen LogP contribution in [-0.2, 0) is 9.59 Å². The van der Waals surface area contributed by atoms with E-state index in [2.05, 4.69) is 47.3 Å². The smallest absolute Gasteiger partial charge is 0.238 e. The van der Waals surface area contributed by atoms with Gasteiger partial charge in [-0.1, -0.05) is 32.9 Å². The number of carbonyl (C=O) groups is 2. The molecule has 1 aliphatic heterocycles. The molecule has 0 aromatic heterocycles. The number of hydrogen-bond donors (Lipinski definition) is 2. The van der Waals surface area contributed by atoms with Crippen molar-refractivity contribution in [1.29, 1.82) is 0 Å². The molecule has 0 radical (unpaired) electrons. The highest BCUT2D eigenvalue weighted by atomic mass is 16.2. The quantitative estimate of drug-likeness (QED) is 0.733. The van der Waals surface area contributed by atoms with Crippen molar-refractivity contribution in [2.75, 3.05) is 44.6 Å². The average Bonchev–Trinajstić information content (AvgIpc) is 2.63. The Hall–Kier alpha value is -1.92. The number of anilines is 1. The van der Waals surface area contributed by atoms with E-state index in [1.165, 1.54) is 5.56 Å². The van der Waals surface area contributed by atoms with Crippen LogP contribution in [0.3, 0.4) is 0 Å². The second-order valence-corrected chi connectivity index (χ2v) is 7.76. The summed E-state index contributed by atoms with van der Waals surface area (Å²) in [7, 11) is 0. The third-order valence-electron chi connectivity index (χ3n) is 5.06. The van der Waals surface area contributed by atoms with Crippen LogP contribution in [0.4, 0.5) is 5.69 Å². The second kappa shape index (κ2) is 10.4. The zero-order valence-corrected chi connectivity index (χ0v) is 17.1. The van der Waals surface area contributed by atoms with Crippen molar-refractivity contribution >= 4 is 17.5 Å². The molecule has 2 amide bonds. The van der Waals surface area contributed by atoms with Crippen LogP contribution in [0.25, 0.3) is 0 Å². The molecule has 1 saturated heterocycles. The van der Waals surface area contributed by atoms with E-state index in [0.717, 1.165) is 38.3 Å². The Balaban J connectivity index is 1.73. The molecular formula is C21H34N4O2. The highest BCUT2D eigenvalue weighted by Crippen LogP contribution is 2.18. The monoisotopic (exact) mass is 374 g/mol. The number of benzene rings is 1. The largest absolute Gasteiger partial charge is 0.353 e. The summed E-state index contributed by atoms with van der Waals surface area (Å²) in [5, 5.41) is 6.00.